The molecule has 0 aromatic heterocycles. The molecule has 4 aliphatic heterocycles. The largest absolute Gasteiger partial charge is 0.508 e. The van der Waals surface area contributed by atoms with Crippen molar-refractivity contribution in [1.82, 2.24) is 4.72 Å². The van der Waals surface area contributed by atoms with Crippen LogP contribution in [0.3, 0.4) is 0 Å². The summed E-state index contributed by atoms with van der Waals surface area (Å²) >= 11 is 0. The molecule has 4 saturated heterocycles. The van der Waals surface area contributed by atoms with E-state index in [1.165, 1.54) is 51.4 Å². The van der Waals surface area contributed by atoms with Gasteiger partial charge in [-0.05, 0) is 288 Å². The van der Waals surface area contributed by atoms with Crippen molar-refractivity contribution in [2.24, 2.45) is 90.7 Å². The lowest BCUT2D eigenvalue weighted by atomic mass is 9.46. The van der Waals surface area contributed by atoms with E-state index in [9.17, 15) is 64.8 Å². The van der Waals surface area contributed by atoms with Gasteiger partial charge in [-0.15, -0.1) is 0 Å². The lowest BCUT2D eigenvalue weighted by molar-refractivity contribution is -0.206. The molecule has 15 unspecified atom stereocenters. The van der Waals surface area contributed by atoms with Crippen molar-refractivity contribution in [2.75, 3.05) is 45.8 Å². The van der Waals surface area contributed by atoms with Gasteiger partial charge < -0.3 is 62.3 Å². The van der Waals surface area contributed by atoms with Crippen LogP contribution in [0.4, 0.5) is 4.79 Å². The summed E-state index contributed by atoms with van der Waals surface area (Å²) in [4.78, 5) is 118. The summed E-state index contributed by atoms with van der Waals surface area (Å²) in [5.74, 6) is 1.12. The normalized spacial score (nSPS) is 30.7. The maximum absolute atomic E-state index is 12.6. The molecule has 125 heavy (non-hydrogen) atoms. The number of cyclic esters (lactones) is 3. The highest BCUT2D eigenvalue weighted by atomic mass is 32.2. The zero-order valence-electron chi connectivity index (χ0n) is 79.7. The van der Waals surface area contributed by atoms with Gasteiger partial charge in [-0.2, -0.15) is 8.42 Å². The van der Waals surface area contributed by atoms with E-state index < -0.39 is 77.5 Å². The Balaban J connectivity index is 0.000000202. The Morgan fingerprint density at radius 2 is 0.976 bits per heavy atom. The van der Waals surface area contributed by atoms with Gasteiger partial charge in [0, 0.05) is 42.2 Å². The molecule has 14 rings (SSSR count). The van der Waals surface area contributed by atoms with Gasteiger partial charge in [0.25, 0.3) is 10.1 Å². The minimum Gasteiger partial charge on any atom is -0.462 e. The van der Waals surface area contributed by atoms with Crippen molar-refractivity contribution in [2.45, 2.75) is 397 Å². The predicted molar refractivity (Wildman–Crippen MR) is 465 cm³/mol. The predicted octanol–water partition coefficient (Wildman–Crippen LogP) is 15.4. The highest BCUT2D eigenvalue weighted by molar-refractivity contribution is 7.88. The standard InChI is InChI=1S/C19H32O2.C15H23NO6S.C14H26O3.C13H20O5S.C13H24O2.C10H16O6.C10H16O4/c1-6-17(2,3)16(20)21-18(4,5)19-10-13-7-14(11-19)9-15(8-13)12-19;1-4-15(2,7-16-23(3,19)20)14(18)22-11-8-5-9-10(6-8)13(17)21-12(9)11;1-4-13(3,10-11-15)12(16)17-14(5-2)8-6-7-9-14;1-4-13(2,3)12(14)17-10-7-5-8-9(6-7)19(15,16)18-11(8)10;1-5-12(3,4)11(14)15-13(6-2)9-7-8-10-13;1-3-10(2,6-11)8(12)14-4-7-5-15-9(13)16-7;1-4-10(2,3)9(12)14-7-5-8(11)13-6-7/h13-15H,6-12H2,1-5H3;8-12,16H,4-7H2,1-3H3;15H,4-11H2,1-3H3;7-11H,4-6H2,1-3H3;5-10H2,1-4H3;7,11H,3-6H2,1-2H3;7H,4-6H2,1-3H3. The van der Waals surface area contributed by atoms with Gasteiger partial charge in [0.05, 0.1) is 68.4 Å². The number of hydrogen-bond acceptors (Lipinski definition) is 28. The zero-order valence-corrected chi connectivity index (χ0v) is 81.4. The molecular weight excluding hydrogens is 1660 g/mol. The van der Waals surface area contributed by atoms with Crippen LogP contribution >= 0.6 is 0 Å². The Kier molecular flexibility index (Phi) is 36.3. The summed E-state index contributed by atoms with van der Waals surface area (Å²) in [6.45, 7) is 42.6. The number of aliphatic hydroxyl groups is 2. The van der Waals surface area contributed by atoms with Crippen LogP contribution in [0.25, 0.3) is 0 Å². The van der Waals surface area contributed by atoms with Crippen LogP contribution in [-0.4, -0.2) is 191 Å². The Morgan fingerprint density at radius 3 is 1.42 bits per heavy atom. The number of ether oxygens (including phenoxy) is 11. The fourth-order valence-corrected chi connectivity index (χ4v) is 22.1. The third-order valence-electron chi connectivity index (χ3n) is 31.4. The quantitative estimate of drug-likeness (QED) is 0.0330. The molecule has 15 atom stereocenters. The Bertz CT molecular complexity index is 3910. The van der Waals surface area contributed by atoms with Gasteiger partial charge in [-0.3, -0.25) is 47.3 Å². The maximum Gasteiger partial charge on any atom is 0.508 e. The van der Waals surface area contributed by atoms with Crippen molar-refractivity contribution in [1.29, 1.82) is 0 Å². The first kappa shape index (κ1) is 106. The highest BCUT2D eigenvalue weighted by Gasteiger charge is 2.67. The number of nitrogens with one attached hydrogen (secondary N) is 1. The van der Waals surface area contributed by atoms with Crippen molar-refractivity contribution < 1.29 is 131 Å². The summed E-state index contributed by atoms with van der Waals surface area (Å²) in [5.41, 5.74) is -4.48. The Labute approximate surface area is 745 Å². The molecule has 14 fully saturated rings. The van der Waals surface area contributed by atoms with Crippen LogP contribution < -0.4 is 4.72 Å². The first-order valence-corrected chi connectivity index (χ1v) is 50.2. The van der Waals surface area contributed by atoms with Crippen molar-refractivity contribution in [3.63, 3.8) is 0 Å². The number of esters is 9. The third kappa shape index (κ3) is 25.9. The lowest BCUT2D eigenvalue weighted by Gasteiger charge is -2.61. The van der Waals surface area contributed by atoms with Crippen LogP contribution in [-0.2, 0) is 120 Å². The topological polar surface area (TPSA) is 402 Å². The lowest BCUT2D eigenvalue weighted by Crippen LogP contribution is -2.58. The van der Waals surface area contributed by atoms with E-state index in [-0.39, 0.29) is 180 Å². The molecule has 3 N–H and O–H groups in total. The molecule has 4 heterocycles. The van der Waals surface area contributed by atoms with Gasteiger partial charge in [0.2, 0.25) is 10.0 Å². The van der Waals surface area contributed by atoms with Gasteiger partial charge in [0.1, 0.15) is 67.1 Å². The van der Waals surface area contributed by atoms with E-state index in [2.05, 4.69) is 44.1 Å². The van der Waals surface area contributed by atoms with Gasteiger partial charge in [0.15, 0.2) is 6.10 Å². The van der Waals surface area contributed by atoms with E-state index in [1.807, 2.05) is 96.9 Å². The minimum atomic E-state index is -3.43. The molecule has 14 aliphatic rings. The van der Waals surface area contributed by atoms with Crippen LogP contribution in [0.5, 0.6) is 0 Å². The van der Waals surface area contributed by atoms with E-state index in [0.29, 0.717) is 44.9 Å². The summed E-state index contributed by atoms with van der Waals surface area (Å²) in [6.07, 6.45) is 25.0. The Morgan fingerprint density at radius 1 is 0.512 bits per heavy atom. The molecule has 0 spiro atoms. The maximum atomic E-state index is 12.6. The Hall–Kier alpha value is -5.76. The zero-order chi connectivity index (χ0) is 93.9. The molecule has 10 saturated carbocycles. The van der Waals surface area contributed by atoms with E-state index in [1.54, 1.807) is 20.8 Å². The molecule has 718 valence electrons. The number of hydrogen-bond donors (Lipinski definition) is 3. The fourth-order valence-electron chi connectivity index (χ4n) is 19.6. The second-order valence-corrected chi connectivity index (χ2v) is 45.8. The number of carbonyl (C=O) groups is 10. The summed E-state index contributed by atoms with van der Waals surface area (Å²) in [5, 5.41) is 17.8. The molecule has 0 amide bonds. The fraction of sp³-hybridized carbons (Fsp3) is 0.894. The van der Waals surface area contributed by atoms with Gasteiger partial charge >= 0.3 is 59.9 Å². The van der Waals surface area contributed by atoms with Gasteiger partial charge in [-0.25, -0.2) is 17.9 Å². The molecule has 0 aromatic rings. The number of rotatable bonds is 31. The monoisotopic (exact) mass is 1810 g/mol. The number of aliphatic hydroxyl groups excluding tert-OH is 2. The second kappa shape index (κ2) is 42.6. The van der Waals surface area contributed by atoms with Crippen molar-refractivity contribution in [3.05, 3.63) is 0 Å². The molecule has 31 heteroatoms. The average Bonchev–Trinajstić information content (AvgIpc) is 1.46. The number of carbonyl (C=O) groups excluding carboxylic acids is 10. The first-order chi connectivity index (χ1) is 58.0. The molecule has 10 aliphatic carbocycles. The second-order valence-electron chi connectivity index (χ2n) is 42.2. The smallest absolute Gasteiger partial charge is 0.462 e. The highest BCUT2D eigenvalue weighted by Crippen LogP contribution is 2.65. The van der Waals surface area contributed by atoms with E-state index in [4.69, 9.17) is 61.8 Å². The molecule has 0 aromatic carbocycles. The van der Waals surface area contributed by atoms with Crippen LogP contribution in [0.15, 0.2) is 0 Å². The number of fused-ring (bicyclic) bond motifs is 2. The van der Waals surface area contributed by atoms with Crippen molar-refractivity contribution >= 4 is 80.0 Å². The van der Waals surface area contributed by atoms with E-state index >= 15 is 0 Å². The molecule has 0 radical (unpaired) electrons. The van der Waals surface area contributed by atoms with Gasteiger partial charge in [-0.1, -0.05) is 62.3 Å². The molecular formula is C94H157NO28S2. The number of sulfonamides is 1. The van der Waals surface area contributed by atoms with Crippen LogP contribution in [0.2, 0.25) is 0 Å². The summed E-state index contributed by atoms with van der Waals surface area (Å²) < 4.78 is 112. The first-order valence-electron chi connectivity index (χ1n) is 46.8. The summed E-state index contributed by atoms with van der Waals surface area (Å²) in [6, 6.07) is 0. The molecule has 29 nitrogen and oxygen atoms in total. The third-order valence-corrected chi connectivity index (χ3v) is 33.8. The SMILES string of the molecule is CCC(C)(C)C(=O)OC(C)(C)C12CC3CC(CC(C3)C1)C2.CCC(C)(C)C(=O)OC1C2CC3C1OS(=O)(=O)C3C2.CCC(C)(C)C(=O)OC1COC(=O)C1.CCC(C)(CNS(C)(=O)=O)C(=O)OC1C2CC3C(=O)OC1C3C2.CCC(C)(CO)C(=O)OCC1COC(=O)O1.CCC1(OC(=O)C(C)(C)CC)CCCC1.CCC1(OC(=O)C(C)(CC)CCO)CCCC1. The summed E-state index contributed by atoms with van der Waals surface area (Å²) in [7, 11) is -6.81. The van der Waals surface area contributed by atoms with Crippen LogP contribution in [0.1, 0.15) is 339 Å². The van der Waals surface area contributed by atoms with E-state index in [0.717, 1.165) is 107 Å². The minimum absolute atomic E-state index is 0.00490. The average molecular weight is 1810 g/mol. The molecule has 8 bridgehead atoms. The van der Waals surface area contributed by atoms with Crippen LogP contribution in [0, 0.1) is 90.7 Å². The van der Waals surface area contributed by atoms with Crippen molar-refractivity contribution in [3.8, 4) is 0 Å².